The van der Waals surface area contributed by atoms with Crippen LogP contribution >= 0.6 is 0 Å². The lowest BCUT2D eigenvalue weighted by Crippen LogP contribution is -2.50. The fourth-order valence-corrected chi connectivity index (χ4v) is 4.13. The molecule has 0 saturated heterocycles. The Kier molecular flexibility index (Phi) is 6.82. The first-order valence-corrected chi connectivity index (χ1v) is 11.0. The van der Waals surface area contributed by atoms with Crippen molar-refractivity contribution in [2.24, 2.45) is 4.99 Å². The van der Waals surface area contributed by atoms with Gasteiger partial charge in [-0.15, -0.1) is 0 Å². The van der Waals surface area contributed by atoms with Gasteiger partial charge < -0.3 is 5.32 Å². The summed E-state index contributed by atoms with van der Waals surface area (Å²) in [7, 11) is 0. The minimum absolute atomic E-state index is 0.0228. The molecule has 0 saturated carbocycles. The van der Waals surface area contributed by atoms with Gasteiger partial charge in [-0.3, -0.25) is 9.79 Å². The summed E-state index contributed by atoms with van der Waals surface area (Å²) in [5.74, 6) is -0.563. The minimum atomic E-state index is -6.21. The second kappa shape index (κ2) is 8.95. The number of benzene rings is 2. The number of halogens is 7. The first-order valence-electron chi connectivity index (χ1n) is 11.0. The van der Waals surface area contributed by atoms with Crippen LogP contribution in [0.3, 0.4) is 0 Å². The molecule has 2 aromatic rings. The third-order valence-electron chi connectivity index (χ3n) is 6.41. The normalized spacial score (nSPS) is 18.2. The van der Waals surface area contributed by atoms with Crippen LogP contribution in [-0.2, 0) is 5.67 Å². The Morgan fingerprint density at radius 1 is 1.00 bits per heavy atom. The number of carbonyl (C=O) groups excluding carboxylic acids is 1. The average molecular weight is 502 g/mol. The highest BCUT2D eigenvalue weighted by atomic mass is 19.4. The van der Waals surface area contributed by atoms with Gasteiger partial charge in [0.1, 0.15) is 0 Å². The molecule has 0 aromatic heterocycles. The lowest BCUT2D eigenvalue weighted by atomic mass is 9.72. The van der Waals surface area contributed by atoms with Gasteiger partial charge in [0, 0.05) is 28.8 Å². The van der Waals surface area contributed by atoms with E-state index in [1.165, 1.54) is 6.92 Å². The van der Waals surface area contributed by atoms with Crippen molar-refractivity contribution in [3.8, 4) is 0 Å². The van der Waals surface area contributed by atoms with E-state index in [2.05, 4.69) is 5.32 Å². The number of nitrogens with zero attached hydrogens (tertiary/aromatic N) is 1. The number of amides is 1. The van der Waals surface area contributed by atoms with Crippen molar-refractivity contribution < 1.29 is 35.5 Å². The molecule has 1 aliphatic carbocycles. The van der Waals surface area contributed by atoms with Crippen molar-refractivity contribution in [1.82, 2.24) is 0 Å². The number of aryl methyl sites for hydroxylation is 2. The SMILES string of the molecule is CCC(C)N=C1c2c(ccc(C)c2C(=O)Nc2ccc(C(F)(C(F)(F)F)C(F)(F)F)cc2C)C1C. The summed E-state index contributed by atoms with van der Waals surface area (Å²) in [6, 6.07) is 5.38. The largest absolute Gasteiger partial charge is 0.435 e. The molecular weight excluding hydrogens is 477 g/mol. The Bertz CT molecular complexity index is 1170. The molecule has 2 aromatic carbocycles. The van der Waals surface area contributed by atoms with Gasteiger partial charge in [0.2, 0.25) is 0 Å². The van der Waals surface area contributed by atoms with Crippen molar-refractivity contribution in [3.05, 3.63) is 63.7 Å². The molecule has 3 rings (SSSR count). The zero-order valence-electron chi connectivity index (χ0n) is 19.7. The second-order valence-corrected chi connectivity index (χ2v) is 8.85. The number of nitrogens with one attached hydrogen (secondary N) is 1. The third-order valence-corrected chi connectivity index (χ3v) is 6.41. The van der Waals surface area contributed by atoms with E-state index in [0.29, 0.717) is 28.8 Å². The average Bonchev–Trinajstić information content (AvgIpc) is 2.75. The van der Waals surface area contributed by atoms with E-state index in [0.717, 1.165) is 23.8 Å². The van der Waals surface area contributed by atoms with Gasteiger partial charge in [0.15, 0.2) is 0 Å². The van der Waals surface area contributed by atoms with Crippen LogP contribution < -0.4 is 5.32 Å². The van der Waals surface area contributed by atoms with Crippen molar-refractivity contribution in [1.29, 1.82) is 0 Å². The van der Waals surface area contributed by atoms with Gasteiger partial charge in [-0.25, -0.2) is 4.39 Å². The van der Waals surface area contributed by atoms with Crippen molar-refractivity contribution in [3.63, 3.8) is 0 Å². The molecule has 1 N–H and O–H groups in total. The molecule has 35 heavy (non-hydrogen) atoms. The maximum absolute atomic E-state index is 14.4. The Hall–Kier alpha value is -2.91. The molecule has 2 unspecified atom stereocenters. The van der Waals surface area contributed by atoms with E-state index >= 15 is 0 Å². The molecule has 0 heterocycles. The van der Waals surface area contributed by atoms with Crippen LogP contribution in [0, 0.1) is 13.8 Å². The van der Waals surface area contributed by atoms with Crippen molar-refractivity contribution >= 4 is 17.3 Å². The predicted molar refractivity (Wildman–Crippen MR) is 120 cm³/mol. The lowest BCUT2D eigenvalue weighted by Gasteiger charge is -2.33. The number of anilines is 1. The van der Waals surface area contributed by atoms with Crippen LogP contribution in [0.1, 0.15) is 71.3 Å². The van der Waals surface area contributed by atoms with Crippen molar-refractivity contribution in [2.75, 3.05) is 5.32 Å². The van der Waals surface area contributed by atoms with Crippen molar-refractivity contribution in [2.45, 2.75) is 71.0 Å². The maximum Gasteiger partial charge on any atom is 0.435 e. The van der Waals surface area contributed by atoms with E-state index in [1.807, 2.05) is 26.8 Å². The smallest absolute Gasteiger partial charge is 0.322 e. The summed E-state index contributed by atoms with van der Waals surface area (Å²) in [5, 5.41) is 2.55. The number of fused-ring (bicyclic) bond motifs is 1. The molecule has 2 atom stereocenters. The molecular formula is C25H25F7N2O. The summed E-state index contributed by atoms with van der Waals surface area (Å²) < 4.78 is 92.9. The summed E-state index contributed by atoms with van der Waals surface area (Å²) in [6.45, 7) is 8.82. The first kappa shape index (κ1) is 26.7. The summed E-state index contributed by atoms with van der Waals surface area (Å²) in [6.07, 6.45) is -11.6. The van der Waals surface area contributed by atoms with Gasteiger partial charge in [0.25, 0.3) is 5.91 Å². The quantitative estimate of drug-likeness (QED) is 0.422. The molecule has 0 radical (unpaired) electrons. The number of hydrogen-bond donors (Lipinski definition) is 1. The van der Waals surface area contributed by atoms with Crippen LogP contribution in [-0.4, -0.2) is 30.0 Å². The van der Waals surface area contributed by atoms with Crippen LogP contribution in [0.2, 0.25) is 0 Å². The monoisotopic (exact) mass is 502 g/mol. The highest BCUT2D eigenvalue weighted by molar-refractivity contribution is 6.22. The zero-order valence-corrected chi connectivity index (χ0v) is 19.7. The van der Waals surface area contributed by atoms with Crippen LogP contribution in [0.15, 0.2) is 35.3 Å². The van der Waals surface area contributed by atoms with Crippen LogP contribution in [0.5, 0.6) is 0 Å². The number of hydrogen-bond acceptors (Lipinski definition) is 2. The molecule has 10 heteroatoms. The Morgan fingerprint density at radius 2 is 1.60 bits per heavy atom. The number of aliphatic imine (C=N–C) groups is 1. The molecule has 1 aliphatic rings. The summed E-state index contributed by atoms with van der Waals surface area (Å²) >= 11 is 0. The van der Waals surface area contributed by atoms with E-state index in [9.17, 15) is 35.5 Å². The number of alkyl halides is 7. The highest BCUT2D eigenvalue weighted by Gasteiger charge is 2.73. The molecule has 0 spiro atoms. The molecule has 1 amide bonds. The third kappa shape index (κ3) is 4.43. The Balaban J connectivity index is 2.00. The van der Waals surface area contributed by atoms with Gasteiger partial charge >= 0.3 is 18.0 Å². The maximum atomic E-state index is 14.4. The Morgan fingerprint density at radius 3 is 2.11 bits per heavy atom. The topological polar surface area (TPSA) is 41.5 Å². The molecule has 190 valence electrons. The zero-order chi connectivity index (χ0) is 26.5. The van der Waals surface area contributed by atoms with Gasteiger partial charge in [0.05, 0.1) is 11.3 Å². The van der Waals surface area contributed by atoms with Gasteiger partial charge in [-0.2, -0.15) is 26.3 Å². The fraction of sp³-hybridized carbons (Fsp3) is 0.440. The highest BCUT2D eigenvalue weighted by Crippen LogP contribution is 2.53. The number of rotatable bonds is 5. The standard InChI is InChI=1S/C25H25F7N2O/c1-6-14(4)33-21-15(5)17-9-7-12(2)19(20(17)21)22(35)34-18-10-8-16(11-13(18)3)23(26,24(27,28)29)25(30,31)32/h7-11,14-15H,6H2,1-5H3,(H,34,35). The lowest BCUT2D eigenvalue weighted by molar-refractivity contribution is -0.348. The van der Waals surface area contributed by atoms with Gasteiger partial charge in [-0.1, -0.05) is 38.1 Å². The molecule has 3 nitrogen and oxygen atoms in total. The Labute approximate surface area is 198 Å². The van der Waals surface area contributed by atoms with E-state index in [4.69, 9.17) is 4.99 Å². The summed E-state index contributed by atoms with van der Waals surface area (Å²) in [5.41, 5.74) is -3.99. The fourth-order valence-electron chi connectivity index (χ4n) is 4.13. The first-order chi connectivity index (χ1) is 16.0. The van der Waals surface area contributed by atoms with Crippen LogP contribution in [0.25, 0.3) is 0 Å². The summed E-state index contributed by atoms with van der Waals surface area (Å²) in [4.78, 5) is 17.9. The molecule has 0 aliphatic heterocycles. The molecule has 0 bridgehead atoms. The van der Waals surface area contributed by atoms with E-state index < -0.39 is 29.5 Å². The molecule has 0 fully saturated rings. The predicted octanol–water partition coefficient (Wildman–Crippen LogP) is 7.55. The van der Waals surface area contributed by atoms with E-state index in [1.54, 1.807) is 13.0 Å². The van der Waals surface area contributed by atoms with Gasteiger partial charge in [-0.05, 0) is 49.9 Å². The number of carbonyl (C=O) groups is 1. The second-order valence-electron chi connectivity index (χ2n) is 8.85. The van der Waals surface area contributed by atoms with Crippen LogP contribution in [0.4, 0.5) is 36.4 Å². The van der Waals surface area contributed by atoms with E-state index in [-0.39, 0.29) is 23.2 Å². The minimum Gasteiger partial charge on any atom is -0.322 e.